The average molecular weight is 614 g/mol. The summed E-state index contributed by atoms with van der Waals surface area (Å²) in [5.41, 5.74) is 0. The van der Waals surface area contributed by atoms with Gasteiger partial charge in [-0.25, -0.2) is 0 Å². The number of hydrogen-bond acceptors (Lipinski definition) is 7. The van der Waals surface area contributed by atoms with Crippen LogP contribution in [0.4, 0.5) is 0 Å². The molecular weight excluding hydrogens is 553 g/mol. The minimum Gasteiger partial charge on any atom is -0.756 e. The number of carbonyl (C=O) groups excluding carboxylic acids is 1. The largest absolute Gasteiger partial charge is 0.756 e. The van der Waals surface area contributed by atoms with Crippen molar-refractivity contribution in [2.24, 2.45) is 0 Å². The molecule has 244 valence electrons. The molecule has 0 saturated heterocycles. The lowest BCUT2D eigenvalue weighted by atomic mass is 10.1. The van der Waals surface area contributed by atoms with Gasteiger partial charge >= 0.3 is 5.97 Å². The van der Waals surface area contributed by atoms with E-state index in [4.69, 9.17) is 18.5 Å². The van der Waals surface area contributed by atoms with Gasteiger partial charge in [-0.05, 0) is 44.9 Å². The summed E-state index contributed by atoms with van der Waals surface area (Å²) in [6, 6.07) is 0. The van der Waals surface area contributed by atoms with Crippen LogP contribution in [0.1, 0.15) is 97.3 Å². The van der Waals surface area contributed by atoms with E-state index in [2.05, 4.69) is 55.5 Å². The second-order valence-corrected chi connectivity index (χ2v) is 12.8. The molecular formula is C33H60NO7P. The number of rotatable bonds is 28. The molecule has 9 heteroatoms. The first-order chi connectivity index (χ1) is 20.1. The molecule has 0 bridgehead atoms. The van der Waals surface area contributed by atoms with E-state index in [0.29, 0.717) is 17.6 Å². The van der Waals surface area contributed by atoms with Crippen molar-refractivity contribution in [2.75, 3.05) is 54.1 Å². The molecule has 0 N–H and O–H groups in total. The Morgan fingerprint density at radius 2 is 1.29 bits per heavy atom. The van der Waals surface area contributed by atoms with Gasteiger partial charge in [-0.3, -0.25) is 9.36 Å². The third kappa shape index (κ3) is 29.9. The van der Waals surface area contributed by atoms with Crippen LogP contribution in [-0.4, -0.2) is 70.7 Å². The number of quaternary nitrogens is 1. The Hall–Kier alpha value is -1.54. The van der Waals surface area contributed by atoms with Gasteiger partial charge < -0.3 is 27.9 Å². The summed E-state index contributed by atoms with van der Waals surface area (Å²) in [5.74, 6) is -0.430. The molecule has 0 aliphatic heterocycles. The fraction of sp³-hybridized carbons (Fsp3) is 0.727. The van der Waals surface area contributed by atoms with E-state index in [0.717, 1.165) is 51.4 Å². The van der Waals surface area contributed by atoms with E-state index in [-0.39, 0.29) is 26.2 Å². The molecule has 0 fully saturated rings. The monoisotopic (exact) mass is 613 g/mol. The van der Waals surface area contributed by atoms with Crippen LogP contribution in [0, 0.1) is 0 Å². The van der Waals surface area contributed by atoms with Crippen LogP contribution in [-0.2, 0) is 27.9 Å². The molecule has 2 atom stereocenters. The maximum absolute atomic E-state index is 12.0. The van der Waals surface area contributed by atoms with E-state index in [1.807, 2.05) is 21.1 Å². The molecule has 0 saturated carbocycles. The average Bonchev–Trinajstić information content (AvgIpc) is 2.93. The zero-order chi connectivity index (χ0) is 31.4. The van der Waals surface area contributed by atoms with Gasteiger partial charge in [0.05, 0.1) is 34.4 Å². The van der Waals surface area contributed by atoms with Crippen molar-refractivity contribution < 1.29 is 37.3 Å². The van der Waals surface area contributed by atoms with Crippen molar-refractivity contribution in [3.63, 3.8) is 0 Å². The number of esters is 1. The minimum absolute atomic E-state index is 0.0193. The third-order valence-corrected chi connectivity index (χ3v) is 7.16. The molecule has 0 aliphatic carbocycles. The Bertz CT molecular complexity index is 818. The van der Waals surface area contributed by atoms with Crippen molar-refractivity contribution in [3.05, 3.63) is 48.6 Å². The summed E-state index contributed by atoms with van der Waals surface area (Å²) in [4.78, 5) is 23.8. The Morgan fingerprint density at radius 3 is 1.86 bits per heavy atom. The van der Waals surface area contributed by atoms with E-state index >= 15 is 0 Å². The maximum atomic E-state index is 12.0. The summed E-state index contributed by atoms with van der Waals surface area (Å²) in [6.45, 7) is 4.65. The molecule has 0 aromatic carbocycles. The van der Waals surface area contributed by atoms with Crippen LogP contribution in [0.5, 0.6) is 0 Å². The molecule has 0 amide bonds. The summed E-state index contributed by atoms with van der Waals surface area (Å²) in [6.07, 6.45) is 30.6. The van der Waals surface area contributed by atoms with Crippen molar-refractivity contribution in [3.8, 4) is 0 Å². The van der Waals surface area contributed by atoms with Crippen molar-refractivity contribution in [1.82, 2.24) is 0 Å². The molecule has 0 aromatic rings. The topological polar surface area (TPSA) is 94.1 Å². The van der Waals surface area contributed by atoms with Crippen molar-refractivity contribution in [2.45, 2.75) is 103 Å². The fourth-order valence-corrected chi connectivity index (χ4v) is 4.41. The zero-order valence-electron chi connectivity index (χ0n) is 27.2. The van der Waals surface area contributed by atoms with E-state index in [1.165, 1.54) is 25.7 Å². The smallest absolute Gasteiger partial charge is 0.305 e. The first-order valence-corrected chi connectivity index (χ1v) is 17.3. The van der Waals surface area contributed by atoms with Gasteiger partial charge in [-0.1, -0.05) is 94.6 Å². The van der Waals surface area contributed by atoms with Gasteiger partial charge in [-0.15, -0.1) is 0 Å². The summed E-state index contributed by atoms with van der Waals surface area (Å²) < 4.78 is 33.4. The number of allylic oxidation sites excluding steroid dienone is 8. The van der Waals surface area contributed by atoms with Crippen LogP contribution in [0.3, 0.4) is 0 Å². The van der Waals surface area contributed by atoms with Crippen LogP contribution in [0.25, 0.3) is 0 Å². The molecule has 0 aliphatic rings. The Balaban J connectivity index is 3.85. The summed E-state index contributed by atoms with van der Waals surface area (Å²) in [7, 11) is 1.33. The first kappa shape index (κ1) is 40.5. The number of likely N-dealkylation sites (N-methyl/N-ethyl adjacent to an activating group) is 1. The van der Waals surface area contributed by atoms with Crippen molar-refractivity contribution >= 4 is 13.8 Å². The van der Waals surface area contributed by atoms with Gasteiger partial charge in [0.2, 0.25) is 0 Å². The lowest BCUT2D eigenvalue weighted by Crippen LogP contribution is -2.37. The Kier molecular flexibility index (Phi) is 26.0. The molecule has 0 spiro atoms. The first-order valence-electron chi connectivity index (χ1n) is 15.9. The third-order valence-electron chi connectivity index (χ3n) is 6.20. The second-order valence-electron chi connectivity index (χ2n) is 11.4. The van der Waals surface area contributed by atoms with Crippen LogP contribution in [0.15, 0.2) is 48.6 Å². The number of carbonyl (C=O) groups is 1. The van der Waals surface area contributed by atoms with Gasteiger partial charge in [0.1, 0.15) is 19.3 Å². The highest BCUT2D eigenvalue weighted by atomic mass is 31.2. The van der Waals surface area contributed by atoms with Crippen LogP contribution in [0.2, 0.25) is 0 Å². The number of nitrogens with zero attached hydrogens (tertiary/aromatic N) is 1. The van der Waals surface area contributed by atoms with Crippen LogP contribution >= 0.6 is 7.82 Å². The quantitative estimate of drug-likeness (QED) is 0.0297. The zero-order valence-corrected chi connectivity index (χ0v) is 28.1. The lowest BCUT2D eigenvalue weighted by molar-refractivity contribution is -0.870. The number of hydrogen-bond donors (Lipinski definition) is 0. The standard InChI is InChI=1S/C33H60NO7P/c1-6-8-9-10-11-12-13-14-15-16-17-18-19-20-21-22-23-24-25-26-28-38-30-32(41-33(35)7-2)31-40-42(36,37)39-29-27-34(3,4)5/h8-9,11-12,14-15,17-18,32H,6-7,10,13,16,19-31H2,1-5H3/b9-8-,12-11-,15-14-,18-17-. The van der Waals surface area contributed by atoms with E-state index < -0.39 is 19.9 Å². The number of unbranched alkanes of at least 4 members (excludes halogenated alkanes) is 7. The molecule has 0 radical (unpaired) electrons. The highest BCUT2D eigenvalue weighted by Crippen LogP contribution is 2.38. The molecule has 42 heavy (non-hydrogen) atoms. The van der Waals surface area contributed by atoms with Gasteiger partial charge in [-0.2, -0.15) is 0 Å². The lowest BCUT2D eigenvalue weighted by Gasteiger charge is -2.28. The summed E-state index contributed by atoms with van der Waals surface area (Å²) in [5, 5.41) is 0. The number of phosphoric acid groups is 1. The van der Waals surface area contributed by atoms with Crippen LogP contribution < -0.4 is 4.89 Å². The van der Waals surface area contributed by atoms with E-state index in [9.17, 15) is 14.3 Å². The highest BCUT2D eigenvalue weighted by molar-refractivity contribution is 7.45. The van der Waals surface area contributed by atoms with Gasteiger partial charge in [0, 0.05) is 13.0 Å². The Labute approximate surface area is 257 Å². The second kappa shape index (κ2) is 27.0. The highest BCUT2D eigenvalue weighted by Gasteiger charge is 2.19. The predicted octanol–water partition coefficient (Wildman–Crippen LogP) is 7.46. The van der Waals surface area contributed by atoms with Crippen molar-refractivity contribution in [1.29, 1.82) is 0 Å². The van der Waals surface area contributed by atoms with Gasteiger partial charge in [0.15, 0.2) is 0 Å². The minimum atomic E-state index is -4.48. The molecule has 8 nitrogen and oxygen atoms in total. The molecule has 0 rings (SSSR count). The maximum Gasteiger partial charge on any atom is 0.305 e. The Morgan fingerprint density at radius 1 is 0.738 bits per heavy atom. The number of ether oxygens (including phenoxy) is 2. The van der Waals surface area contributed by atoms with Gasteiger partial charge in [0.25, 0.3) is 7.82 Å². The normalized spacial score (nSPS) is 14.9. The summed E-state index contributed by atoms with van der Waals surface area (Å²) >= 11 is 0. The molecule has 0 heterocycles. The van der Waals surface area contributed by atoms with E-state index in [1.54, 1.807) is 6.92 Å². The molecule has 0 aromatic heterocycles. The number of phosphoric ester groups is 1. The SMILES string of the molecule is CC/C=C\C/C=C\C/C=C\C/C=C\CCCCCCCCCOCC(COP(=O)([O-])OCC[N+](C)(C)C)OC(=O)CC. The molecule has 2 unspecified atom stereocenters. The predicted molar refractivity (Wildman–Crippen MR) is 171 cm³/mol. The fourth-order valence-electron chi connectivity index (χ4n) is 3.69.